The molecular weight excluding hydrogens is 309 g/mol. The Balaban J connectivity index is 2.05. The lowest BCUT2D eigenvalue weighted by Crippen LogP contribution is -2.42. The fourth-order valence-corrected chi connectivity index (χ4v) is 2.32. The third kappa shape index (κ3) is 2.94. The second-order valence-corrected chi connectivity index (χ2v) is 5.34. The molecule has 1 fully saturated rings. The summed E-state index contributed by atoms with van der Waals surface area (Å²) in [7, 11) is 0. The van der Waals surface area contributed by atoms with Gasteiger partial charge < -0.3 is 10.6 Å². The van der Waals surface area contributed by atoms with Gasteiger partial charge in [-0.25, -0.2) is 4.68 Å². The first-order valence-corrected chi connectivity index (χ1v) is 7.16. The second kappa shape index (κ2) is 5.69. The topological polar surface area (TPSA) is 64.2 Å². The van der Waals surface area contributed by atoms with Crippen LogP contribution in [0.2, 0.25) is 0 Å². The van der Waals surface area contributed by atoms with Gasteiger partial charge >= 0.3 is 6.18 Å². The molecule has 0 aliphatic carbocycles. The highest BCUT2D eigenvalue weighted by atomic mass is 19.4. The second-order valence-electron chi connectivity index (χ2n) is 5.34. The Morgan fingerprint density at radius 2 is 1.87 bits per heavy atom. The third-order valence-electron chi connectivity index (χ3n) is 3.78. The molecule has 0 spiro atoms. The van der Waals surface area contributed by atoms with E-state index in [2.05, 4.69) is 5.10 Å². The third-order valence-corrected chi connectivity index (χ3v) is 3.78. The van der Waals surface area contributed by atoms with E-state index < -0.39 is 17.8 Å². The number of amides is 1. The zero-order valence-corrected chi connectivity index (χ0v) is 12.2. The zero-order chi connectivity index (χ0) is 16.6. The summed E-state index contributed by atoms with van der Waals surface area (Å²) in [5, 5.41) is 3.58. The molecule has 8 heteroatoms. The molecule has 1 aliphatic rings. The molecule has 2 heterocycles. The molecule has 1 aliphatic heterocycles. The largest absolute Gasteiger partial charge is 0.435 e. The summed E-state index contributed by atoms with van der Waals surface area (Å²) >= 11 is 0. The number of hydrogen-bond donors (Lipinski definition) is 1. The number of carbonyl (C=O) groups is 1. The molecular formula is C15H15F3N4O. The molecule has 3 rings (SSSR count). The summed E-state index contributed by atoms with van der Waals surface area (Å²) in [5.74, 6) is -0.442. The predicted molar refractivity (Wildman–Crippen MR) is 77.0 cm³/mol. The Hall–Kier alpha value is -2.35. The lowest BCUT2D eigenvalue weighted by atomic mass is 10.2. The van der Waals surface area contributed by atoms with Crippen molar-refractivity contribution in [2.75, 3.05) is 13.1 Å². The van der Waals surface area contributed by atoms with Crippen molar-refractivity contribution in [3.8, 4) is 5.69 Å². The standard InChI is InChI=1S/C15H15F3N4O/c16-15(17,18)13-8-12(14(23)21-6-1-7-21)22(20-13)11-4-2-10(9-19)3-5-11/h2-5,8H,1,6-7,9,19H2. The van der Waals surface area contributed by atoms with E-state index in [4.69, 9.17) is 5.73 Å². The first kappa shape index (κ1) is 15.5. The number of alkyl halides is 3. The van der Waals surface area contributed by atoms with Crippen LogP contribution in [0.15, 0.2) is 30.3 Å². The summed E-state index contributed by atoms with van der Waals surface area (Å²) in [6.07, 6.45) is -3.75. The number of rotatable bonds is 3. The van der Waals surface area contributed by atoms with Crippen LogP contribution >= 0.6 is 0 Å². The minimum Gasteiger partial charge on any atom is -0.337 e. The van der Waals surface area contributed by atoms with Crippen molar-refractivity contribution in [1.29, 1.82) is 0 Å². The molecule has 1 aromatic carbocycles. The highest BCUT2D eigenvalue weighted by Crippen LogP contribution is 2.30. The molecule has 0 bridgehead atoms. The first-order chi connectivity index (χ1) is 10.9. The van der Waals surface area contributed by atoms with Gasteiger partial charge in [0.2, 0.25) is 0 Å². The van der Waals surface area contributed by atoms with Gasteiger partial charge in [-0.05, 0) is 24.1 Å². The van der Waals surface area contributed by atoms with E-state index in [-0.39, 0.29) is 5.69 Å². The van der Waals surface area contributed by atoms with Crippen molar-refractivity contribution in [3.63, 3.8) is 0 Å². The van der Waals surface area contributed by atoms with Crippen LogP contribution in [0.3, 0.4) is 0 Å². The Morgan fingerprint density at radius 1 is 1.22 bits per heavy atom. The molecule has 1 amide bonds. The van der Waals surface area contributed by atoms with Crippen LogP contribution in [-0.2, 0) is 12.7 Å². The van der Waals surface area contributed by atoms with Gasteiger partial charge in [-0.15, -0.1) is 0 Å². The lowest BCUT2D eigenvalue weighted by molar-refractivity contribution is -0.141. The Bertz CT molecular complexity index is 717. The maximum Gasteiger partial charge on any atom is 0.435 e. The number of aromatic nitrogens is 2. The van der Waals surface area contributed by atoms with Crippen molar-refractivity contribution in [2.45, 2.75) is 19.1 Å². The first-order valence-electron chi connectivity index (χ1n) is 7.16. The number of halogens is 3. The van der Waals surface area contributed by atoms with Gasteiger partial charge in [0.05, 0.1) is 5.69 Å². The molecule has 0 saturated carbocycles. The highest BCUT2D eigenvalue weighted by Gasteiger charge is 2.37. The lowest BCUT2D eigenvalue weighted by Gasteiger charge is -2.30. The molecule has 1 saturated heterocycles. The molecule has 23 heavy (non-hydrogen) atoms. The van der Waals surface area contributed by atoms with Gasteiger partial charge in [0.25, 0.3) is 5.91 Å². The van der Waals surface area contributed by atoms with Crippen molar-refractivity contribution in [1.82, 2.24) is 14.7 Å². The summed E-state index contributed by atoms with van der Waals surface area (Å²) < 4.78 is 39.9. The Labute approximate surface area is 130 Å². The quantitative estimate of drug-likeness (QED) is 0.941. The van der Waals surface area contributed by atoms with Gasteiger partial charge in [-0.2, -0.15) is 18.3 Å². The van der Waals surface area contributed by atoms with E-state index in [0.29, 0.717) is 25.3 Å². The van der Waals surface area contributed by atoms with Gasteiger partial charge in [0, 0.05) is 25.7 Å². The molecule has 5 nitrogen and oxygen atoms in total. The van der Waals surface area contributed by atoms with Gasteiger partial charge in [0.15, 0.2) is 5.69 Å². The van der Waals surface area contributed by atoms with Crippen molar-refractivity contribution < 1.29 is 18.0 Å². The van der Waals surface area contributed by atoms with Crippen LogP contribution in [0.5, 0.6) is 0 Å². The molecule has 122 valence electrons. The van der Waals surface area contributed by atoms with Crippen LogP contribution < -0.4 is 5.73 Å². The molecule has 0 unspecified atom stereocenters. The van der Waals surface area contributed by atoms with E-state index in [1.807, 2.05) is 0 Å². The fraction of sp³-hybridized carbons (Fsp3) is 0.333. The summed E-state index contributed by atoms with van der Waals surface area (Å²) in [6.45, 7) is 1.43. The maximum absolute atomic E-state index is 13.0. The van der Waals surface area contributed by atoms with Gasteiger partial charge in [0.1, 0.15) is 5.69 Å². The summed E-state index contributed by atoms with van der Waals surface area (Å²) in [5.41, 5.74) is 5.58. The average molecular weight is 324 g/mol. The Morgan fingerprint density at radius 3 is 2.35 bits per heavy atom. The normalized spacial score (nSPS) is 14.7. The minimum absolute atomic E-state index is 0.0856. The average Bonchev–Trinajstić information content (AvgIpc) is 2.90. The van der Waals surface area contributed by atoms with Crippen LogP contribution in [0.1, 0.15) is 28.2 Å². The number of likely N-dealkylation sites (tertiary alicyclic amines) is 1. The smallest absolute Gasteiger partial charge is 0.337 e. The molecule has 0 radical (unpaired) electrons. The van der Waals surface area contributed by atoms with Crippen LogP contribution in [0, 0.1) is 0 Å². The predicted octanol–water partition coefficient (Wildman–Crippen LogP) is 2.20. The molecule has 2 aromatic rings. The number of nitrogens with zero attached hydrogens (tertiary/aromatic N) is 3. The number of benzene rings is 1. The van der Waals surface area contributed by atoms with Crippen LogP contribution in [0.4, 0.5) is 13.2 Å². The summed E-state index contributed by atoms with van der Waals surface area (Å²) in [6, 6.07) is 7.40. The zero-order valence-electron chi connectivity index (χ0n) is 12.2. The SMILES string of the molecule is NCc1ccc(-n2nc(C(F)(F)F)cc2C(=O)N2CCC2)cc1. The van der Waals surface area contributed by atoms with Crippen LogP contribution in [0.25, 0.3) is 5.69 Å². The highest BCUT2D eigenvalue weighted by molar-refractivity contribution is 5.93. The van der Waals surface area contributed by atoms with E-state index in [1.165, 1.54) is 4.90 Å². The number of carbonyl (C=O) groups excluding carboxylic acids is 1. The van der Waals surface area contributed by atoms with Gasteiger partial charge in [-0.1, -0.05) is 12.1 Å². The molecule has 2 N–H and O–H groups in total. The van der Waals surface area contributed by atoms with Gasteiger partial charge in [-0.3, -0.25) is 4.79 Å². The molecule has 0 atom stereocenters. The monoisotopic (exact) mass is 324 g/mol. The van der Waals surface area contributed by atoms with E-state index in [9.17, 15) is 18.0 Å². The minimum atomic E-state index is -4.60. The Kier molecular flexibility index (Phi) is 3.85. The number of hydrogen-bond acceptors (Lipinski definition) is 3. The van der Waals surface area contributed by atoms with E-state index in [1.54, 1.807) is 24.3 Å². The van der Waals surface area contributed by atoms with Crippen molar-refractivity contribution in [3.05, 3.63) is 47.3 Å². The van der Waals surface area contributed by atoms with E-state index in [0.717, 1.165) is 22.7 Å². The number of nitrogens with two attached hydrogens (primary N) is 1. The van der Waals surface area contributed by atoms with E-state index >= 15 is 0 Å². The van der Waals surface area contributed by atoms with Crippen molar-refractivity contribution in [2.24, 2.45) is 5.73 Å². The van der Waals surface area contributed by atoms with Crippen LogP contribution in [-0.4, -0.2) is 33.7 Å². The van der Waals surface area contributed by atoms with Crippen molar-refractivity contribution >= 4 is 5.91 Å². The fourth-order valence-electron chi connectivity index (χ4n) is 2.32. The summed E-state index contributed by atoms with van der Waals surface area (Å²) in [4.78, 5) is 13.9. The molecule has 1 aromatic heterocycles. The maximum atomic E-state index is 13.0.